The summed E-state index contributed by atoms with van der Waals surface area (Å²) in [5.41, 5.74) is 2.79. The molecule has 2 aliphatic rings. The highest BCUT2D eigenvalue weighted by molar-refractivity contribution is 5.84. The molecule has 1 saturated heterocycles. The average Bonchev–Trinajstić information content (AvgIpc) is 3.77. The Bertz CT molecular complexity index is 1440. The number of aliphatic hydroxyl groups is 2. The minimum atomic E-state index is -1.23. The van der Waals surface area contributed by atoms with Crippen molar-refractivity contribution in [2.75, 3.05) is 23.7 Å². The van der Waals surface area contributed by atoms with Crippen molar-refractivity contribution in [3.8, 4) is 0 Å². The molecular formula is C28H39N9O4. The van der Waals surface area contributed by atoms with Gasteiger partial charge in [-0.05, 0) is 18.8 Å². The molecule has 0 bridgehead atoms. The predicted molar refractivity (Wildman–Crippen MR) is 151 cm³/mol. The fraction of sp³-hybridized carbons (Fsp3) is 0.607. The van der Waals surface area contributed by atoms with Crippen LogP contribution in [0, 0.1) is 5.92 Å². The number of hydrogen-bond acceptors (Lipinski definition) is 11. The van der Waals surface area contributed by atoms with E-state index in [9.17, 15) is 10.2 Å². The van der Waals surface area contributed by atoms with E-state index in [1.54, 1.807) is 23.3 Å². The van der Waals surface area contributed by atoms with E-state index in [0.717, 1.165) is 30.3 Å². The Morgan fingerprint density at radius 1 is 1.00 bits per heavy atom. The number of nitrogens with zero attached hydrogens (tertiary/aromatic N) is 7. The van der Waals surface area contributed by atoms with Crippen molar-refractivity contribution in [1.29, 1.82) is 0 Å². The van der Waals surface area contributed by atoms with Gasteiger partial charge in [0, 0.05) is 38.8 Å². The lowest BCUT2D eigenvalue weighted by molar-refractivity contribution is -0.0434. The molecule has 2 fully saturated rings. The lowest BCUT2D eigenvalue weighted by Crippen LogP contribution is -2.29. The molecule has 4 N–H and O–H groups in total. The van der Waals surface area contributed by atoms with E-state index >= 15 is 0 Å². The first-order chi connectivity index (χ1) is 20.0. The highest BCUT2D eigenvalue weighted by atomic mass is 16.6. The van der Waals surface area contributed by atoms with Gasteiger partial charge in [0.05, 0.1) is 24.0 Å². The van der Waals surface area contributed by atoms with Gasteiger partial charge in [0.2, 0.25) is 5.95 Å². The molecular weight excluding hydrogens is 526 g/mol. The van der Waals surface area contributed by atoms with E-state index in [0.29, 0.717) is 48.1 Å². The van der Waals surface area contributed by atoms with Crippen molar-refractivity contribution in [2.24, 2.45) is 13.0 Å². The van der Waals surface area contributed by atoms with E-state index in [2.05, 4.69) is 25.8 Å². The Hall–Kier alpha value is -3.55. The number of nitrogens with one attached hydrogen (secondary N) is 2. The molecule has 6 rings (SSSR count). The van der Waals surface area contributed by atoms with Crippen molar-refractivity contribution in [3.63, 3.8) is 0 Å². The summed E-state index contributed by atoms with van der Waals surface area (Å²) < 4.78 is 15.1. The molecule has 41 heavy (non-hydrogen) atoms. The van der Waals surface area contributed by atoms with E-state index in [1.807, 2.05) is 24.7 Å². The number of fused-ring (bicyclic) bond motifs is 1. The van der Waals surface area contributed by atoms with Crippen LogP contribution in [0.5, 0.6) is 0 Å². The predicted octanol–water partition coefficient (Wildman–Crippen LogP) is 3.14. The van der Waals surface area contributed by atoms with E-state index < -0.39 is 24.5 Å². The summed E-state index contributed by atoms with van der Waals surface area (Å²) in [5.74, 6) is 2.16. The van der Waals surface area contributed by atoms with Crippen molar-refractivity contribution < 1.29 is 19.5 Å². The summed E-state index contributed by atoms with van der Waals surface area (Å²) in [7, 11) is 1.94. The van der Waals surface area contributed by atoms with Gasteiger partial charge in [0.25, 0.3) is 0 Å². The number of aryl methyl sites for hydroxylation is 2. The minimum Gasteiger partial charge on any atom is -0.387 e. The maximum atomic E-state index is 11.0. The second kappa shape index (κ2) is 12.1. The Balaban J connectivity index is 1.25. The molecule has 4 atom stereocenters. The maximum absolute atomic E-state index is 11.0. The van der Waals surface area contributed by atoms with E-state index in [1.165, 1.54) is 32.1 Å². The van der Waals surface area contributed by atoms with Crippen LogP contribution < -0.4 is 10.6 Å². The zero-order valence-corrected chi connectivity index (χ0v) is 23.6. The highest BCUT2D eigenvalue weighted by Gasteiger charge is 2.47. The molecule has 220 valence electrons. The summed E-state index contributed by atoms with van der Waals surface area (Å²) in [5, 5.41) is 32.7. The standard InChI is InChI=1S/C28H39N9O4/c1-3-18-13-20(41-35-18)24-22(38)23(39)27(40-24)37-16-32-21-25(29-11-9-17-7-5-4-6-8-17)33-28(34-26(21)37)30-12-10-19-14-36(2)15-31-19/h13-17,22-24,27,38-39H,3-12H2,1-2H3,(H2,29,30,33,34)/t22-,23+,24?,27+/m0/s1. The molecule has 13 nitrogen and oxygen atoms in total. The van der Waals surface area contributed by atoms with Crippen LogP contribution in [-0.4, -0.2) is 69.7 Å². The van der Waals surface area contributed by atoms with Crippen molar-refractivity contribution in [1.82, 2.24) is 34.2 Å². The Kier molecular flexibility index (Phi) is 8.17. The fourth-order valence-corrected chi connectivity index (χ4v) is 5.83. The zero-order valence-electron chi connectivity index (χ0n) is 23.6. The largest absolute Gasteiger partial charge is 0.387 e. The minimum absolute atomic E-state index is 0.372. The Morgan fingerprint density at radius 2 is 1.85 bits per heavy atom. The molecule has 0 aromatic carbocycles. The number of ether oxygens (including phenoxy) is 1. The lowest BCUT2D eigenvalue weighted by atomic mass is 9.87. The molecule has 13 heteroatoms. The van der Waals surface area contributed by atoms with E-state index in [-0.39, 0.29) is 0 Å². The molecule has 0 radical (unpaired) electrons. The van der Waals surface area contributed by atoms with Gasteiger partial charge in [-0.15, -0.1) is 0 Å². The monoisotopic (exact) mass is 565 g/mol. The van der Waals surface area contributed by atoms with Gasteiger partial charge in [-0.25, -0.2) is 9.97 Å². The maximum Gasteiger partial charge on any atom is 0.226 e. The van der Waals surface area contributed by atoms with Gasteiger partial charge < -0.3 is 34.7 Å². The van der Waals surface area contributed by atoms with E-state index in [4.69, 9.17) is 19.2 Å². The number of imidazole rings is 2. The Morgan fingerprint density at radius 3 is 2.61 bits per heavy atom. The van der Waals surface area contributed by atoms with Crippen LogP contribution in [0.15, 0.2) is 29.4 Å². The quantitative estimate of drug-likeness (QED) is 0.211. The topological polar surface area (TPSA) is 161 Å². The van der Waals surface area contributed by atoms with Crippen LogP contribution in [0.4, 0.5) is 11.8 Å². The first-order valence-corrected chi connectivity index (χ1v) is 14.7. The zero-order chi connectivity index (χ0) is 28.3. The second-order valence-corrected chi connectivity index (χ2v) is 11.1. The van der Waals surface area contributed by atoms with Gasteiger partial charge >= 0.3 is 0 Å². The van der Waals surface area contributed by atoms with Crippen molar-refractivity contribution in [3.05, 3.63) is 42.1 Å². The summed E-state index contributed by atoms with van der Waals surface area (Å²) in [6.45, 7) is 3.34. The summed E-state index contributed by atoms with van der Waals surface area (Å²) in [6.07, 6.45) is 10.1. The summed E-state index contributed by atoms with van der Waals surface area (Å²) in [4.78, 5) is 18.5. The molecule has 0 spiro atoms. The molecule has 0 amide bonds. The number of rotatable bonds is 11. The Labute approximate surface area is 238 Å². The third-order valence-corrected chi connectivity index (χ3v) is 8.15. The number of anilines is 2. The number of aromatic nitrogens is 7. The first-order valence-electron chi connectivity index (χ1n) is 14.7. The van der Waals surface area contributed by atoms with Crippen LogP contribution in [0.25, 0.3) is 11.2 Å². The summed E-state index contributed by atoms with van der Waals surface area (Å²) >= 11 is 0. The molecule has 1 aliphatic carbocycles. The number of hydrogen-bond donors (Lipinski definition) is 4. The normalized spacial score (nSPS) is 23.4. The molecule has 1 unspecified atom stereocenters. The fourth-order valence-electron chi connectivity index (χ4n) is 5.83. The van der Waals surface area contributed by atoms with Crippen LogP contribution in [0.3, 0.4) is 0 Å². The highest BCUT2D eigenvalue weighted by Crippen LogP contribution is 2.40. The molecule has 4 aromatic rings. The van der Waals surface area contributed by atoms with Crippen LogP contribution in [-0.2, 0) is 24.6 Å². The van der Waals surface area contributed by atoms with Gasteiger partial charge in [0.15, 0.2) is 29.0 Å². The molecule has 4 aromatic heterocycles. The first kappa shape index (κ1) is 27.6. The lowest BCUT2D eigenvalue weighted by Gasteiger charge is -2.21. The number of aliphatic hydroxyl groups excluding tert-OH is 2. The molecule has 5 heterocycles. The van der Waals surface area contributed by atoms with Crippen molar-refractivity contribution in [2.45, 2.75) is 82.8 Å². The van der Waals surface area contributed by atoms with Crippen LogP contribution in [0.1, 0.15) is 74.9 Å². The van der Waals surface area contributed by atoms with Gasteiger partial charge in [0.1, 0.15) is 18.3 Å². The third-order valence-electron chi connectivity index (χ3n) is 8.15. The third kappa shape index (κ3) is 5.92. The van der Waals surface area contributed by atoms with Gasteiger partial charge in [-0.2, -0.15) is 9.97 Å². The van der Waals surface area contributed by atoms with Crippen LogP contribution in [0.2, 0.25) is 0 Å². The summed E-state index contributed by atoms with van der Waals surface area (Å²) in [6, 6.07) is 1.75. The van der Waals surface area contributed by atoms with Gasteiger partial charge in [-0.3, -0.25) is 4.57 Å². The smallest absolute Gasteiger partial charge is 0.226 e. The van der Waals surface area contributed by atoms with Gasteiger partial charge in [-0.1, -0.05) is 44.2 Å². The average molecular weight is 566 g/mol. The molecule has 1 saturated carbocycles. The molecule has 1 aliphatic heterocycles. The second-order valence-electron chi connectivity index (χ2n) is 11.1. The SMILES string of the molecule is CCc1cc(C2O[C@@H](n3cnc4c(NCCC5CCCCC5)nc(NCCc5cn(C)cn5)nc43)[C@H](O)[C@@H]2O)on1. The van der Waals surface area contributed by atoms with Crippen LogP contribution >= 0.6 is 0 Å². The van der Waals surface area contributed by atoms with Crippen molar-refractivity contribution >= 4 is 22.9 Å².